The van der Waals surface area contributed by atoms with E-state index in [1.54, 1.807) is 18.6 Å². The van der Waals surface area contributed by atoms with Crippen LogP contribution < -0.4 is 5.32 Å². The molecule has 0 saturated carbocycles. The van der Waals surface area contributed by atoms with E-state index in [-0.39, 0.29) is 0 Å². The second kappa shape index (κ2) is 4.04. The Bertz CT molecular complexity index is 453. The van der Waals surface area contributed by atoms with Gasteiger partial charge < -0.3 is 5.32 Å². The zero-order chi connectivity index (χ0) is 10.7. The largest absolute Gasteiger partial charge is 0.385 e. The fourth-order valence-corrected chi connectivity index (χ4v) is 1.35. The second-order valence-electron chi connectivity index (χ2n) is 3.18. The van der Waals surface area contributed by atoms with Crippen LogP contribution in [0.2, 0.25) is 0 Å². The summed E-state index contributed by atoms with van der Waals surface area (Å²) in [6.07, 6.45) is 5.26. The molecular formula is C11H12N4. The Hall–Kier alpha value is -1.97. The van der Waals surface area contributed by atoms with E-state index in [4.69, 9.17) is 0 Å². The van der Waals surface area contributed by atoms with E-state index in [1.807, 2.05) is 26.1 Å². The molecule has 0 fully saturated rings. The highest BCUT2D eigenvalue weighted by Crippen LogP contribution is 2.16. The van der Waals surface area contributed by atoms with Crippen molar-refractivity contribution < 1.29 is 0 Å². The van der Waals surface area contributed by atoms with E-state index in [0.29, 0.717) is 0 Å². The van der Waals surface area contributed by atoms with Gasteiger partial charge in [0.1, 0.15) is 0 Å². The minimum atomic E-state index is 0.730. The summed E-state index contributed by atoms with van der Waals surface area (Å²) in [7, 11) is 1.86. The highest BCUT2D eigenvalue weighted by molar-refractivity contribution is 5.56. The Balaban J connectivity index is 2.43. The monoisotopic (exact) mass is 200 g/mol. The van der Waals surface area contributed by atoms with Crippen LogP contribution in [0.5, 0.6) is 0 Å². The molecule has 0 atom stereocenters. The highest BCUT2D eigenvalue weighted by Gasteiger charge is 2.03. The number of pyridine rings is 1. The molecule has 0 saturated heterocycles. The maximum Gasteiger partial charge on any atom is 0.159 e. The summed E-state index contributed by atoms with van der Waals surface area (Å²) >= 11 is 0. The van der Waals surface area contributed by atoms with Crippen molar-refractivity contribution in [2.75, 3.05) is 12.4 Å². The van der Waals surface area contributed by atoms with Crippen LogP contribution in [0.3, 0.4) is 0 Å². The van der Waals surface area contributed by atoms with Crippen molar-refractivity contribution in [3.63, 3.8) is 0 Å². The first-order valence-electron chi connectivity index (χ1n) is 4.73. The third-order valence-corrected chi connectivity index (χ3v) is 2.19. The number of nitrogens with one attached hydrogen (secondary N) is 1. The maximum absolute atomic E-state index is 4.41. The molecule has 0 radical (unpaired) electrons. The van der Waals surface area contributed by atoms with Gasteiger partial charge in [-0.15, -0.1) is 0 Å². The maximum atomic E-state index is 4.41. The summed E-state index contributed by atoms with van der Waals surface area (Å²) in [5.41, 5.74) is 2.88. The molecule has 0 unspecified atom stereocenters. The third-order valence-electron chi connectivity index (χ3n) is 2.19. The molecule has 4 nitrogen and oxygen atoms in total. The molecule has 2 aromatic heterocycles. The van der Waals surface area contributed by atoms with Crippen LogP contribution in [0.25, 0.3) is 11.4 Å². The molecule has 15 heavy (non-hydrogen) atoms. The molecule has 0 bridgehead atoms. The summed E-state index contributed by atoms with van der Waals surface area (Å²) in [5, 5.41) is 3.04. The predicted molar refractivity (Wildman–Crippen MR) is 59.5 cm³/mol. The Kier molecular flexibility index (Phi) is 2.58. The van der Waals surface area contributed by atoms with E-state index in [1.165, 1.54) is 0 Å². The zero-order valence-electron chi connectivity index (χ0n) is 8.73. The van der Waals surface area contributed by atoms with E-state index >= 15 is 0 Å². The van der Waals surface area contributed by atoms with Crippen LogP contribution in [0.15, 0.2) is 30.7 Å². The number of hydrogen-bond donors (Lipinski definition) is 1. The summed E-state index contributed by atoms with van der Waals surface area (Å²) in [4.78, 5) is 12.7. The fourth-order valence-electron chi connectivity index (χ4n) is 1.35. The number of aryl methyl sites for hydroxylation is 1. The van der Waals surface area contributed by atoms with Gasteiger partial charge in [0.05, 0.1) is 17.6 Å². The van der Waals surface area contributed by atoms with Gasteiger partial charge >= 0.3 is 0 Å². The van der Waals surface area contributed by atoms with Crippen LogP contribution in [0, 0.1) is 6.92 Å². The third kappa shape index (κ3) is 1.93. The van der Waals surface area contributed by atoms with Gasteiger partial charge in [-0.25, -0.2) is 9.97 Å². The molecule has 2 heterocycles. The first kappa shape index (κ1) is 9.58. The lowest BCUT2D eigenvalue weighted by molar-refractivity contribution is 1.10. The first-order valence-corrected chi connectivity index (χ1v) is 4.73. The standard InChI is InChI=1S/C11H12N4/c1-8-10(12-2)7-14-11(15-8)9-3-5-13-6-4-9/h3-7,12H,1-2H3. The molecule has 0 aliphatic carbocycles. The molecule has 4 heteroatoms. The highest BCUT2D eigenvalue weighted by atomic mass is 14.9. The van der Waals surface area contributed by atoms with Gasteiger partial charge in [-0.1, -0.05) is 0 Å². The Morgan fingerprint density at radius 2 is 1.93 bits per heavy atom. The Morgan fingerprint density at radius 1 is 1.20 bits per heavy atom. The van der Waals surface area contributed by atoms with Crippen molar-refractivity contribution in [1.82, 2.24) is 15.0 Å². The number of rotatable bonds is 2. The molecule has 0 spiro atoms. The number of hydrogen-bond acceptors (Lipinski definition) is 4. The lowest BCUT2D eigenvalue weighted by Gasteiger charge is -2.05. The summed E-state index contributed by atoms with van der Waals surface area (Å²) in [6, 6.07) is 3.79. The van der Waals surface area contributed by atoms with Crippen molar-refractivity contribution in [2.24, 2.45) is 0 Å². The van der Waals surface area contributed by atoms with Gasteiger partial charge in [0.25, 0.3) is 0 Å². The minimum absolute atomic E-state index is 0.730. The van der Waals surface area contributed by atoms with E-state index in [0.717, 1.165) is 22.8 Å². The quantitative estimate of drug-likeness (QED) is 0.804. The summed E-state index contributed by atoms with van der Waals surface area (Å²) < 4.78 is 0. The van der Waals surface area contributed by atoms with Gasteiger partial charge in [-0.3, -0.25) is 4.98 Å². The van der Waals surface area contributed by atoms with Crippen LogP contribution in [-0.2, 0) is 0 Å². The molecule has 0 aliphatic rings. The molecule has 76 valence electrons. The lowest BCUT2D eigenvalue weighted by Crippen LogP contribution is -1.98. The SMILES string of the molecule is CNc1cnc(-c2ccncc2)nc1C. The van der Waals surface area contributed by atoms with Gasteiger partial charge in [-0.2, -0.15) is 0 Å². The first-order chi connectivity index (χ1) is 7.31. The molecule has 2 rings (SSSR count). The van der Waals surface area contributed by atoms with Crippen molar-refractivity contribution >= 4 is 5.69 Å². The van der Waals surface area contributed by atoms with E-state index in [2.05, 4.69) is 20.3 Å². The predicted octanol–water partition coefficient (Wildman–Crippen LogP) is 1.89. The summed E-state index contributed by atoms with van der Waals surface area (Å²) in [6.45, 7) is 1.96. The van der Waals surface area contributed by atoms with Gasteiger partial charge in [-0.05, 0) is 19.1 Å². The minimum Gasteiger partial charge on any atom is -0.385 e. The normalized spacial score (nSPS) is 10.0. The molecule has 0 amide bonds. The topological polar surface area (TPSA) is 50.7 Å². The van der Waals surface area contributed by atoms with Crippen molar-refractivity contribution in [3.8, 4) is 11.4 Å². The zero-order valence-corrected chi connectivity index (χ0v) is 8.73. The average molecular weight is 200 g/mol. The molecule has 1 N–H and O–H groups in total. The lowest BCUT2D eigenvalue weighted by atomic mass is 10.2. The van der Waals surface area contributed by atoms with Crippen molar-refractivity contribution in [3.05, 3.63) is 36.4 Å². The molecule has 2 aromatic rings. The van der Waals surface area contributed by atoms with Crippen LogP contribution >= 0.6 is 0 Å². The second-order valence-corrected chi connectivity index (χ2v) is 3.18. The smallest absolute Gasteiger partial charge is 0.159 e. The number of aromatic nitrogens is 3. The van der Waals surface area contributed by atoms with Crippen molar-refractivity contribution in [1.29, 1.82) is 0 Å². The van der Waals surface area contributed by atoms with Crippen LogP contribution in [-0.4, -0.2) is 22.0 Å². The Morgan fingerprint density at radius 3 is 2.53 bits per heavy atom. The molecular weight excluding hydrogens is 188 g/mol. The van der Waals surface area contributed by atoms with Gasteiger partial charge in [0.2, 0.25) is 0 Å². The van der Waals surface area contributed by atoms with E-state index < -0.39 is 0 Å². The van der Waals surface area contributed by atoms with Gasteiger partial charge in [0, 0.05) is 25.0 Å². The van der Waals surface area contributed by atoms with Crippen molar-refractivity contribution in [2.45, 2.75) is 6.92 Å². The number of nitrogens with zero attached hydrogens (tertiary/aromatic N) is 3. The van der Waals surface area contributed by atoms with Crippen LogP contribution in [0.4, 0.5) is 5.69 Å². The molecule has 0 aromatic carbocycles. The van der Waals surface area contributed by atoms with Gasteiger partial charge in [0.15, 0.2) is 5.82 Å². The fraction of sp³-hybridized carbons (Fsp3) is 0.182. The number of anilines is 1. The Labute approximate surface area is 88.4 Å². The average Bonchev–Trinajstić information content (AvgIpc) is 2.30. The van der Waals surface area contributed by atoms with E-state index in [9.17, 15) is 0 Å². The summed E-state index contributed by atoms with van der Waals surface area (Å²) in [5.74, 6) is 0.730. The van der Waals surface area contributed by atoms with Crippen LogP contribution in [0.1, 0.15) is 5.69 Å². The molecule has 0 aliphatic heterocycles.